The van der Waals surface area contributed by atoms with Crippen LogP contribution >= 0.6 is 0 Å². The van der Waals surface area contributed by atoms with Crippen molar-refractivity contribution in [2.45, 2.75) is 19.4 Å². The number of hydrogen-bond acceptors (Lipinski definition) is 6. The Balaban J connectivity index is 3.18. The summed E-state index contributed by atoms with van der Waals surface area (Å²) in [6.45, 7) is 2.05. The van der Waals surface area contributed by atoms with Crippen molar-refractivity contribution < 1.29 is 26.6 Å². The normalized spacial score (nSPS) is 12.7. The maximum absolute atomic E-state index is 5.63. The maximum atomic E-state index is 5.63. The minimum Gasteiger partial charge on any atom is -0.377 e. The van der Waals surface area contributed by atoms with Gasteiger partial charge in [-0.15, -0.1) is 0 Å². The largest absolute Gasteiger partial charge is 0.536 e. The van der Waals surface area contributed by atoms with Crippen molar-refractivity contribution in [3.05, 3.63) is 29.3 Å². The lowest BCUT2D eigenvalue weighted by Crippen LogP contribution is -2.56. The van der Waals surface area contributed by atoms with Gasteiger partial charge in [-0.25, -0.2) is 0 Å². The van der Waals surface area contributed by atoms with Crippen LogP contribution in [0.3, 0.4) is 0 Å². The molecule has 0 radical (unpaired) electrons. The fraction of sp³-hybridized carbons (Fsp3) is 0.600. The molecule has 0 unspecified atom stereocenters. The van der Waals surface area contributed by atoms with Crippen LogP contribution in [0, 0.1) is 6.92 Å². The lowest BCUT2D eigenvalue weighted by atomic mass is 10.1. The van der Waals surface area contributed by atoms with Crippen LogP contribution < -0.4 is 5.19 Å². The highest BCUT2D eigenvalue weighted by Gasteiger charge is 2.44. The summed E-state index contributed by atoms with van der Waals surface area (Å²) in [5.74, 6) is 0. The molecule has 0 spiro atoms. The lowest BCUT2D eigenvalue weighted by molar-refractivity contribution is 0.123. The molecule has 6 nitrogen and oxygen atoms in total. The molecule has 0 bridgehead atoms. The molecule has 1 rings (SSSR count). The first kappa shape index (κ1) is 20.5. The maximum Gasteiger partial charge on any atom is 0.536 e. The Kier molecular flexibility index (Phi) is 8.04. The molecule has 1 aromatic rings. The molecule has 0 aliphatic heterocycles. The lowest BCUT2D eigenvalue weighted by Gasteiger charge is -2.28. The van der Waals surface area contributed by atoms with Gasteiger partial charge in [0.1, 0.15) is 0 Å². The van der Waals surface area contributed by atoms with E-state index in [0.717, 1.165) is 22.7 Å². The molecular formula is C15H28O6Si2. The highest BCUT2D eigenvalue weighted by atomic mass is 28.4. The number of hydrogen-bond donors (Lipinski definition) is 0. The SMILES string of the molecule is CO[Si](CCc1cc(C)ccc1[Si](OC)(OC)OC)(OC)OC. The standard InChI is InChI=1S/C15H28O6Si2/c1-13-8-9-15(23(19-5,20-6)21-7)14(12-13)10-11-22(16-2,17-3)18-4/h8-9,12H,10-11H2,1-7H3. The molecule has 0 amide bonds. The Hall–Kier alpha value is -0.586. The Morgan fingerprint density at radius 1 is 0.783 bits per heavy atom. The summed E-state index contributed by atoms with van der Waals surface area (Å²) in [5.41, 5.74) is 2.26. The van der Waals surface area contributed by atoms with Crippen LogP contribution in [0.4, 0.5) is 0 Å². The van der Waals surface area contributed by atoms with E-state index in [-0.39, 0.29) is 0 Å². The smallest absolute Gasteiger partial charge is 0.377 e. The van der Waals surface area contributed by atoms with Crippen molar-refractivity contribution in [1.29, 1.82) is 0 Å². The molecule has 132 valence electrons. The van der Waals surface area contributed by atoms with Crippen LogP contribution in [0.2, 0.25) is 6.04 Å². The van der Waals surface area contributed by atoms with Gasteiger partial charge in [-0.3, -0.25) is 0 Å². The van der Waals surface area contributed by atoms with E-state index in [1.165, 1.54) is 0 Å². The summed E-state index contributed by atoms with van der Waals surface area (Å²) in [7, 11) is 4.17. The Bertz CT molecular complexity index is 472. The second kappa shape index (κ2) is 9.04. The molecule has 0 aromatic heterocycles. The van der Waals surface area contributed by atoms with E-state index in [4.69, 9.17) is 26.6 Å². The van der Waals surface area contributed by atoms with Crippen molar-refractivity contribution >= 4 is 22.8 Å². The molecule has 0 N–H and O–H groups in total. The Labute approximate surface area is 141 Å². The van der Waals surface area contributed by atoms with E-state index in [9.17, 15) is 0 Å². The van der Waals surface area contributed by atoms with Crippen LogP contribution in [0.15, 0.2) is 18.2 Å². The minimum atomic E-state index is -2.89. The second-order valence-electron chi connectivity index (χ2n) is 5.12. The summed E-state index contributed by atoms with van der Waals surface area (Å²) >= 11 is 0. The zero-order valence-electron chi connectivity index (χ0n) is 15.1. The van der Waals surface area contributed by atoms with Gasteiger partial charge >= 0.3 is 17.6 Å². The van der Waals surface area contributed by atoms with Gasteiger partial charge in [0.2, 0.25) is 0 Å². The fourth-order valence-electron chi connectivity index (χ4n) is 2.65. The van der Waals surface area contributed by atoms with Crippen LogP contribution in [0.25, 0.3) is 0 Å². The van der Waals surface area contributed by atoms with Gasteiger partial charge < -0.3 is 26.6 Å². The van der Waals surface area contributed by atoms with Crippen molar-refractivity contribution in [3.63, 3.8) is 0 Å². The zero-order chi connectivity index (χ0) is 17.5. The van der Waals surface area contributed by atoms with Crippen LogP contribution in [0.5, 0.6) is 0 Å². The van der Waals surface area contributed by atoms with Crippen molar-refractivity contribution in [2.24, 2.45) is 0 Å². The van der Waals surface area contributed by atoms with E-state index < -0.39 is 17.6 Å². The third kappa shape index (κ3) is 4.49. The summed E-state index contributed by atoms with van der Waals surface area (Å²) in [4.78, 5) is 0. The third-order valence-corrected chi connectivity index (χ3v) is 9.52. The summed E-state index contributed by atoms with van der Waals surface area (Å²) in [5, 5.41) is 0.960. The van der Waals surface area contributed by atoms with Gasteiger partial charge in [-0.05, 0) is 18.9 Å². The van der Waals surface area contributed by atoms with Gasteiger partial charge in [0.25, 0.3) is 0 Å². The summed E-state index contributed by atoms with van der Waals surface area (Å²) < 4.78 is 33.4. The molecule has 0 saturated carbocycles. The summed E-state index contributed by atoms with van der Waals surface area (Å²) in [6.07, 6.45) is 0.726. The van der Waals surface area contributed by atoms with E-state index in [1.54, 1.807) is 42.7 Å². The highest BCUT2D eigenvalue weighted by Crippen LogP contribution is 2.19. The third-order valence-electron chi connectivity index (χ3n) is 4.03. The van der Waals surface area contributed by atoms with Crippen molar-refractivity contribution in [2.75, 3.05) is 42.7 Å². The first-order chi connectivity index (χ1) is 11.0. The average Bonchev–Trinajstić information content (AvgIpc) is 2.60. The van der Waals surface area contributed by atoms with Crippen molar-refractivity contribution in [1.82, 2.24) is 0 Å². The second-order valence-corrected chi connectivity index (χ2v) is 11.1. The molecular weight excluding hydrogens is 332 g/mol. The molecule has 0 saturated heterocycles. The van der Waals surface area contributed by atoms with Crippen molar-refractivity contribution in [3.8, 4) is 0 Å². The Morgan fingerprint density at radius 2 is 1.30 bits per heavy atom. The molecule has 0 aliphatic rings. The van der Waals surface area contributed by atoms with E-state index in [1.807, 2.05) is 12.1 Å². The van der Waals surface area contributed by atoms with Gasteiger partial charge in [0.05, 0.1) is 0 Å². The van der Waals surface area contributed by atoms with Crippen LogP contribution in [0.1, 0.15) is 11.1 Å². The zero-order valence-corrected chi connectivity index (χ0v) is 17.1. The molecule has 0 fully saturated rings. The quantitative estimate of drug-likeness (QED) is 0.590. The molecule has 0 atom stereocenters. The number of rotatable bonds is 10. The molecule has 0 aliphatic carbocycles. The number of aryl methyl sites for hydroxylation is 2. The molecule has 0 heterocycles. The topological polar surface area (TPSA) is 55.4 Å². The first-order valence-corrected chi connectivity index (χ1v) is 11.0. The highest BCUT2D eigenvalue weighted by molar-refractivity contribution is 6.75. The van der Waals surface area contributed by atoms with Crippen LogP contribution in [-0.2, 0) is 33.0 Å². The number of benzene rings is 1. The van der Waals surface area contributed by atoms with Gasteiger partial charge in [0.15, 0.2) is 0 Å². The predicted octanol–water partition coefficient (Wildman–Crippen LogP) is 1.50. The monoisotopic (exact) mass is 360 g/mol. The van der Waals surface area contributed by atoms with E-state index in [2.05, 4.69) is 13.0 Å². The Morgan fingerprint density at radius 3 is 1.74 bits per heavy atom. The molecule has 8 heteroatoms. The van der Waals surface area contributed by atoms with Crippen LogP contribution in [-0.4, -0.2) is 60.3 Å². The fourth-order valence-corrected chi connectivity index (χ4v) is 6.38. The van der Waals surface area contributed by atoms with Gasteiger partial charge in [-0.2, -0.15) is 0 Å². The predicted molar refractivity (Wildman–Crippen MR) is 92.9 cm³/mol. The summed E-state index contributed by atoms with van der Waals surface area (Å²) in [6, 6.07) is 6.83. The van der Waals surface area contributed by atoms with E-state index >= 15 is 0 Å². The average molecular weight is 361 g/mol. The minimum absolute atomic E-state index is 0.661. The first-order valence-electron chi connectivity index (χ1n) is 7.37. The van der Waals surface area contributed by atoms with Gasteiger partial charge in [0, 0.05) is 53.9 Å². The molecule has 23 heavy (non-hydrogen) atoms. The van der Waals surface area contributed by atoms with E-state index in [0.29, 0.717) is 6.04 Å². The van der Waals surface area contributed by atoms with Gasteiger partial charge in [-0.1, -0.05) is 23.8 Å². The molecule has 1 aromatic carbocycles.